The van der Waals surface area contributed by atoms with Crippen LogP contribution in [0.1, 0.15) is 46.6 Å². The predicted octanol–water partition coefficient (Wildman–Crippen LogP) is 3.29. The molecule has 0 aliphatic heterocycles. The summed E-state index contributed by atoms with van der Waals surface area (Å²) in [5.41, 5.74) is 0.591. The zero-order valence-corrected chi connectivity index (χ0v) is 16.7. The van der Waals surface area contributed by atoms with E-state index >= 15 is 0 Å². The number of hydrogen-bond acceptors (Lipinski definition) is 4. The van der Waals surface area contributed by atoms with Crippen molar-refractivity contribution in [1.82, 2.24) is 10.6 Å². The van der Waals surface area contributed by atoms with Gasteiger partial charge < -0.3 is 20.1 Å². The molecule has 2 N–H and O–H groups in total. The molecule has 0 saturated carbocycles. The molecule has 0 aromatic heterocycles. The summed E-state index contributed by atoms with van der Waals surface area (Å²) in [6, 6.07) is 7.26. The Balaban J connectivity index is 2.43. The number of benzene rings is 1. The Hall–Kier alpha value is -2.24. The average molecular weight is 364 g/mol. The highest BCUT2D eigenvalue weighted by Gasteiger charge is 2.26. The fourth-order valence-corrected chi connectivity index (χ4v) is 2.38. The fraction of sp³-hybridized carbons (Fsp3) is 0.600. The van der Waals surface area contributed by atoms with E-state index in [4.69, 9.17) is 9.47 Å². The van der Waals surface area contributed by atoms with Crippen LogP contribution in [0.4, 0.5) is 4.79 Å². The van der Waals surface area contributed by atoms with Crippen LogP contribution in [0.25, 0.3) is 0 Å². The largest absolute Gasteiger partial charge is 0.497 e. The number of hydrogen-bond donors (Lipinski definition) is 2. The average Bonchev–Trinajstić information content (AvgIpc) is 2.55. The minimum atomic E-state index is -0.620. The highest BCUT2D eigenvalue weighted by atomic mass is 16.6. The van der Waals surface area contributed by atoms with Crippen molar-refractivity contribution in [3.8, 4) is 5.75 Å². The lowest BCUT2D eigenvalue weighted by molar-refractivity contribution is -0.124. The van der Waals surface area contributed by atoms with Crippen LogP contribution in [-0.2, 0) is 16.0 Å². The van der Waals surface area contributed by atoms with Crippen molar-refractivity contribution in [3.63, 3.8) is 0 Å². The molecular formula is C20H32N2O4. The van der Waals surface area contributed by atoms with E-state index in [-0.39, 0.29) is 11.8 Å². The third kappa shape index (κ3) is 8.23. The molecule has 146 valence electrons. The molecule has 1 atom stereocenters. The molecule has 0 radical (unpaired) electrons. The second-order valence-corrected chi connectivity index (χ2v) is 7.61. The van der Waals surface area contributed by atoms with Crippen molar-refractivity contribution in [2.45, 2.75) is 59.1 Å². The molecule has 6 heteroatoms. The monoisotopic (exact) mass is 364 g/mol. The number of aryl methyl sites for hydroxylation is 1. The van der Waals surface area contributed by atoms with Gasteiger partial charge in [0.15, 0.2) is 0 Å². The van der Waals surface area contributed by atoms with Crippen LogP contribution in [0, 0.1) is 5.92 Å². The number of nitrogens with one attached hydrogen (secondary N) is 2. The Labute approximate surface area is 156 Å². The first-order valence-corrected chi connectivity index (χ1v) is 9.02. The highest BCUT2D eigenvalue weighted by Crippen LogP contribution is 2.12. The van der Waals surface area contributed by atoms with Crippen LogP contribution < -0.4 is 15.4 Å². The van der Waals surface area contributed by atoms with Crippen molar-refractivity contribution >= 4 is 12.0 Å². The van der Waals surface area contributed by atoms with E-state index < -0.39 is 17.7 Å². The minimum Gasteiger partial charge on any atom is -0.497 e. The summed E-state index contributed by atoms with van der Waals surface area (Å²) in [5.74, 6) is 0.597. The Morgan fingerprint density at radius 3 is 2.23 bits per heavy atom. The molecule has 2 amide bonds. The lowest BCUT2D eigenvalue weighted by atomic mass is 10.0. The molecular weight excluding hydrogens is 332 g/mol. The number of methoxy groups -OCH3 is 1. The molecule has 0 aliphatic rings. The van der Waals surface area contributed by atoms with Gasteiger partial charge in [-0.15, -0.1) is 0 Å². The lowest BCUT2D eigenvalue weighted by Crippen LogP contribution is -2.51. The normalized spacial score (nSPS) is 12.4. The van der Waals surface area contributed by atoms with Gasteiger partial charge in [-0.05, 0) is 57.2 Å². The molecule has 0 aliphatic carbocycles. The summed E-state index contributed by atoms with van der Waals surface area (Å²) in [6.07, 6.45) is 1.09. The molecule has 0 saturated heterocycles. The smallest absolute Gasteiger partial charge is 0.408 e. The summed E-state index contributed by atoms with van der Waals surface area (Å²) < 4.78 is 10.4. The van der Waals surface area contributed by atoms with Gasteiger partial charge in [0.25, 0.3) is 0 Å². The Kier molecular flexibility index (Phi) is 8.42. The summed E-state index contributed by atoms with van der Waals surface area (Å²) in [5, 5.41) is 5.55. The van der Waals surface area contributed by atoms with Crippen LogP contribution in [-0.4, -0.2) is 37.3 Å². The standard InChI is InChI=1S/C20H32N2O4/c1-14(2)17(22-19(24)26-20(3,4)5)18(23)21-13-7-8-15-9-11-16(25-6)12-10-15/h9-12,14,17H,7-8,13H2,1-6H3,(H,21,23)(H,22,24). The molecule has 1 aromatic rings. The number of rotatable bonds is 8. The van der Waals surface area contributed by atoms with Gasteiger partial charge in [-0.25, -0.2) is 4.79 Å². The van der Waals surface area contributed by atoms with Gasteiger partial charge in [0.05, 0.1) is 7.11 Å². The van der Waals surface area contributed by atoms with E-state index in [9.17, 15) is 9.59 Å². The second-order valence-electron chi connectivity index (χ2n) is 7.61. The maximum atomic E-state index is 12.4. The van der Waals surface area contributed by atoms with Crippen LogP contribution in [0.3, 0.4) is 0 Å². The number of ether oxygens (including phenoxy) is 2. The first kappa shape index (κ1) is 21.8. The number of carbonyl (C=O) groups excluding carboxylic acids is 2. The van der Waals surface area contributed by atoms with Crippen LogP contribution in [0.2, 0.25) is 0 Å². The maximum absolute atomic E-state index is 12.4. The molecule has 0 heterocycles. The topological polar surface area (TPSA) is 76.7 Å². The van der Waals surface area contributed by atoms with Gasteiger partial charge in [-0.3, -0.25) is 4.79 Å². The summed E-state index contributed by atoms with van der Waals surface area (Å²) in [4.78, 5) is 24.3. The Bertz CT molecular complexity index is 576. The third-order valence-electron chi connectivity index (χ3n) is 3.72. The van der Waals surface area contributed by atoms with Crippen molar-refractivity contribution < 1.29 is 19.1 Å². The molecule has 6 nitrogen and oxygen atoms in total. The third-order valence-corrected chi connectivity index (χ3v) is 3.72. The van der Waals surface area contributed by atoms with Gasteiger partial charge in [0, 0.05) is 6.54 Å². The Morgan fingerprint density at radius 1 is 1.12 bits per heavy atom. The van der Waals surface area contributed by atoms with Gasteiger partial charge in [-0.2, -0.15) is 0 Å². The molecule has 1 aromatic carbocycles. The second kappa shape index (κ2) is 10.0. The van der Waals surface area contributed by atoms with Crippen molar-refractivity contribution in [3.05, 3.63) is 29.8 Å². The molecule has 0 bridgehead atoms. The van der Waals surface area contributed by atoms with Crippen molar-refractivity contribution in [2.24, 2.45) is 5.92 Å². The van der Waals surface area contributed by atoms with Gasteiger partial charge in [-0.1, -0.05) is 26.0 Å². The van der Waals surface area contributed by atoms with Gasteiger partial charge in [0.2, 0.25) is 5.91 Å². The summed E-state index contributed by atoms with van der Waals surface area (Å²) in [7, 11) is 1.64. The predicted molar refractivity (Wildman–Crippen MR) is 102 cm³/mol. The summed E-state index contributed by atoms with van der Waals surface area (Å²) in [6.45, 7) is 9.69. The zero-order chi connectivity index (χ0) is 19.7. The van der Waals surface area contributed by atoms with E-state index in [1.165, 1.54) is 5.56 Å². The fourth-order valence-electron chi connectivity index (χ4n) is 2.38. The van der Waals surface area contributed by atoms with Crippen LogP contribution in [0.15, 0.2) is 24.3 Å². The van der Waals surface area contributed by atoms with Gasteiger partial charge >= 0.3 is 6.09 Å². The molecule has 0 fully saturated rings. The number of carbonyl (C=O) groups is 2. The van der Waals surface area contributed by atoms with Crippen molar-refractivity contribution in [2.75, 3.05) is 13.7 Å². The van der Waals surface area contributed by atoms with E-state index in [0.717, 1.165) is 18.6 Å². The number of amides is 2. The van der Waals surface area contributed by atoms with Crippen molar-refractivity contribution in [1.29, 1.82) is 0 Å². The van der Waals surface area contributed by atoms with Gasteiger partial charge in [0.1, 0.15) is 17.4 Å². The van der Waals surface area contributed by atoms with E-state index in [2.05, 4.69) is 10.6 Å². The molecule has 26 heavy (non-hydrogen) atoms. The molecule has 1 unspecified atom stereocenters. The van der Waals surface area contributed by atoms with Crippen LogP contribution in [0.5, 0.6) is 5.75 Å². The first-order valence-electron chi connectivity index (χ1n) is 9.02. The van der Waals surface area contributed by atoms with E-state index in [0.29, 0.717) is 6.54 Å². The minimum absolute atomic E-state index is 0.0379. The highest BCUT2D eigenvalue weighted by molar-refractivity contribution is 5.85. The Morgan fingerprint density at radius 2 is 1.73 bits per heavy atom. The van der Waals surface area contributed by atoms with E-state index in [1.54, 1.807) is 27.9 Å². The summed E-state index contributed by atoms with van der Waals surface area (Å²) >= 11 is 0. The van der Waals surface area contributed by atoms with Crippen LogP contribution >= 0.6 is 0 Å². The maximum Gasteiger partial charge on any atom is 0.408 e. The first-order chi connectivity index (χ1) is 12.1. The SMILES string of the molecule is COc1ccc(CCCNC(=O)C(NC(=O)OC(C)(C)C)C(C)C)cc1. The molecule has 0 spiro atoms. The zero-order valence-electron chi connectivity index (χ0n) is 16.7. The molecule has 1 rings (SSSR count). The quantitative estimate of drug-likeness (QED) is 0.694. The lowest BCUT2D eigenvalue weighted by Gasteiger charge is -2.25. The van der Waals surface area contributed by atoms with E-state index in [1.807, 2.05) is 38.1 Å². The number of alkyl carbamates (subject to hydrolysis) is 1.